The molecule has 3 N–H and O–H groups in total. The topological polar surface area (TPSA) is 58.4 Å². The number of halogens is 1. The molecule has 1 aromatic rings. The van der Waals surface area contributed by atoms with E-state index in [9.17, 15) is 9.18 Å². The molecular weight excluding hydrogens is 245 g/mol. The smallest absolute Gasteiger partial charge is 0.238 e. The summed E-state index contributed by atoms with van der Waals surface area (Å²) in [6.45, 7) is 4.09. The molecule has 0 bridgehead atoms. The first-order valence-corrected chi connectivity index (χ1v) is 6.27. The van der Waals surface area contributed by atoms with Gasteiger partial charge in [-0.05, 0) is 31.5 Å². The Balaban J connectivity index is 1.91. The molecule has 0 fully saturated rings. The molecule has 19 heavy (non-hydrogen) atoms. The molecule has 0 saturated heterocycles. The van der Waals surface area contributed by atoms with Gasteiger partial charge < -0.3 is 11.1 Å². The van der Waals surface area contributed by atoms with Gasteiger partial charge in [0.2, 0.25) is 5.91 Å². The Morgan fingerprint density at radius 1 is 1.53 bits per heavy atom. The van der Waals surface area contributed by atoms with Crippen LogP contribution in [0.2, 0.25) is 0 Å². The van der Waals surface area contributed by atoms with Crippen molar-refractivity contribution in [3.63, 3.8) is 0 Å². The third kappa shape index (κ3) is 3.79. The fourth-order valence-electron chi connectivity index (χ4n) is 2.00. The van der Waals surface area contributed by atoms with Gasteiger partial charge in [0.15, 0.2) is 0 Å². The molecule has 0 aromatic heterocycles. The zero-order valence-corrected chi connectivity index (χ0v) is 10.9. The summed E-state index contributed by atoms with van der Waals surface area (Å²) in [6.07, 6.45) is 3.12. The summed E-state index contributed by atoms with van der Waals surface area (Å²) >= 11 is 0. The van der Waals surface area contributed by atoms with Crippen molar-refractivity contribution in [2.75, 3.05) is 30.7 Å². The average Bonchev–Trinajstić information content (AvgIpc) is 2.36. The van der Waals surface area contributed by atoms with E-state index in [-0.39, 0.29) is 11.6 Å². The minimum atomic E-state index is -0.410. The normalized spacial score (nSPS) is 16.0. The van der Waals surface area contributed by atoms with Gasteiger partial charge in [0.05, 0.1) is 17.9 Å². The number of hydrogen-bond acceptors (Lipinski definition) is 3. The molecular formula is C14H18FN3O. The van der Waals surface area contributed by atoms with Gasteiger partial charge in [-0.25, -0.2) is 4.39 Å². The minimum absolute atomic E-state index is 0.133. The first-order chi connectivity index (χ1) is 9.04. The summed E-state index contributed by atoms with van der Waals surface area (Å²) in [4.78, 5) is 13.9. The zero-order chi connectivity index (χ0) is 13.8. The van der Waals surface area contributed by atoms with Gasteiger partial charge in [0.25, 0.3) is 0 Å². The van der Waals surface area contributed by atoms with Crippen LogP contribution in [0.1, 0.15) is 13.3 Å². The predicted octanol–water partition coefficient (Wildman–Crippen LogP) is 2.00. The van der Waals surface area contributed by atoms with Gasteiger partial charge in [-0.1, -0.05) is 11.6 Å². The number of anilines is 2. The molecule has 1 amide bonds. The second-order valence-electron chi connectivity index (χ2n) is 4.82. The monoisotopic (exact) mass is 263 g/mol. The third-order valence-electron chi connectivity index (χ3n) is 3.18. The maximum atomic E-state index is 12.9. The quantitative estimate of drug-likeness (QED) is 0.647. The van der Waals surface area contributed by atoms with Crippen LogP contribution in [0.15, 0.2) is 29.8 Å². The van der Waals surface area contributed by atoms with Crippen LogP contribution < -0.4 is 11.1 Å². The molecule has 0 spiro atoms. The minimum Gasteiger partial charge on any atom is -0.397 e. The molecule has 1 aliphatic heterocycles. The largest absolute Gasteiger partial charge is 0.397 e. The van der Waals surface area contributed by atoms with E-state index in [1.807, 2.05) is 0 Å². The molecule has 102 valence electrons. The van der Waals surface area contributed by atoms with E-state index >= 15 is 0 Å². The number of carbonyl (C=O) groups excluding carboxylic acids is 1. The Morgan fingerprint density at radius 2 is 2.32 bits per heavy atom. The zero-order valence-electron chi connectivity index (χ0n) is 10.9. The van der Waals surface area contributed by atoms with Gasteiger partial charge in [-0.2, -0.15) is 0 Å². The number of rotatable bonds is 3. The number of benzene rings is 1. The molecule has 0 radical (unpaired) electrons. The van der Waals surface area contributed by atoms with E-state index in [0.29, 0.717) is 12.2 Å². The second kappa shape index (κ2) is 5.84. The Kier molecular flexibility index (Phi) is 4.16. The van der Waals surface area contributed by atoms with Gasteiger partial charge in [0, 0.05) is 13.1 Å². The highest BCUT2D eigenvalue weighted by Crippen LogP contribution is 2.19. The number of carbonyl (C=O) groups is 1. The van der Waals surface area contributed by atoms with Crippen LogP contribution in [0.25, 0.3) is 0 Å². The maximum absolute atomic E-state index is 12.9. The Morgan fingerprint density at radius 3 is 2.95 bits per heavy atom. The van der Waals surface area contributed by atoms with Crippen LogP contribution in [0, 0.1) is 5.82 Å². The highest BCUT2D eigenvalue weighted by atomic mass is 19.1. The second-order valence-corrected chi connectivity index (χ2v) is 4.82. The highest BCUT2D eigenvalue weighted by Gasteiger charge is 2.14. The van der Waals surface area contributed by atoms with Crippen LogP contribution in [0.3, 0.4) is 0 Å². The van der Waals surface area contributed by atoms with E-state index < -0.39 is 5.82 Å². The molecule has 2 rings (SSSR count). The van der Waals surface area contributed by atoms with Crippen molar-refractivity contribution < 1.29 is 9.18 Å². The maximum Gasteiger partial charge on any atom is 0.238 e. The van der Waals surface area contributed by atoms with Crippen molar-refractivity contribution in [2.45, 2.75) is 13.3 Å². The fourth-order valence-corrected chi connectivity index (χ4v) is 2.00. The van der Waals surface area contributed by atoms with Crippen molar-refractivity contribution in [3.8, 4) is 0 Å². The predicted molar refractivity (Wildman–Crippen MR) is 74.3 cm³/mol. The van der Waals surface area contributed by atoms with Crippen LogP contribution in [-0.2, 0) is 4.79 Å². The first-order valence-electron chi connectivity index (χ1n) is 6.27. The van der Waals surface area contributed by atoms with Crippen LogP contribution >= 0.6 is 0 Å². The summed E-state index contributed by atoms with van der Waals surface area (Å²) in [5.41, 5.74) is 7.70. The number of hydrogen-bond donors (Lipinski definition) is 2. The first kappa shape index (κ1) is 13.5. The number of nitrogens with two attached hydrogens (primary N) is 1. The van der Waals surface area contributed by atoms with Crippen LogP contribution in [0.4, 0.5) is 15.8 Å². The van der Waals surface area contributed by atoms with Gasteiger partial charge >= 0.3 is 0 Å². The SMILES string of the molecule is CC1=CCN(CC(=O)Nc2ccc(F)cc2N)CC1. The molecule has 4 nitrogen and oxygen atoms in total. The molecule has 5 heteroatoms. The van der Waals surface area contributed by atoms with E-state index in [1.165, 1.54) is 23.8 Å². The number of nitrogens with zero attached hydrogens (tertiary/aromatic N) is 1. The van der Waals surface area contributed by atoms with Crippen molar-refractivity contribution in [1.29, 1.82) is 0 Å². The lowest BCUT2D eigenvalue weighted by atomic mass is 10.1. The lowest BCUT2D eigenvalue weighted by molar-refractivity contribution is -0.117. The van der Waals surface area contributed by atoms with Crippen LogP contribution in [0.5, 0.6) is 0 Å². The fraction of sp³-hybridized carbons (Fsp3) is 0.357. The van der Waals surface area contributed by atoms with E-state index in [0.717, 1.165) is 19.5 Å². The summed E-state index contributed by atoms with van der Waals surface area (Å²) in [5, 5.41) is 2.70. The molecule has 1 heterocycles. The number of nitrogens with one attached hydrogen (secondary N) is 1. The molecule has 0 aliphatic carbocycles. The van der Waals surface area contributed by atoms with Gasteiger partial charge in [-0.15, -0.1) is 0 Å². The van der Waals surface area contributed by atoms with Gasteiger partial charge in [-0.3, -0.25) is 9.69 Å². The summed E-state index contributed by atoms with van der Waals surface area (Å²) in [6, 6.07) is 3.95. The number of amides is 1. The lowest BCUT2D eigenvalue weighted by Gasteiger charge is -2.24. The molecule has 0 unspecified atom stereocenters. The number of nitrogen functional groups attached to an aromatic ring is 1. The Hall–Kier alpha value is -1.88. The van der Waals surface area contributed by atoms with Gasteiger partial charge in [0.1, 0.15) is 5.82 Å². The van der Waals surface area contributed by atoms with Crippen LogP contribution in [-0.4, -0.2) is 30.4 Å². The van der Waals surface area contributed by atoms with E-state index in [1.54, 1.807) is 0 Å². The average molecular weight is 263 g/mol. The standard InChI is InChI=1S/C14H18FN3O/c1-10-4-6-18(7-5-10)9-14(19)17-13-3-2-11(15)8-12(13)16/h2-4,8H,5-7,9,16H2,1H3,(H,17,19). The summed E-state index contributed by atoms with van der Waals surface area (Å²) in [7, 11) is 0. The van der Waals surface area contributed by atoms with E-state index in [4.69, 9.17) is 5.73 Å². The Bertz CT molecular complexity index is 513. The molecule has 0 atom stereocenters. The lowest BCUT2D eigenvalue weighted by Crippen LogP contribution is -2.36. The summed E-state index contributed by atoms with van der Waals surface area (Å²) < 4.78 is 12.9. The third-order valence-corrected chi connectivity index (χ3v) is 3.18. The molecule has 1 aromatic carbocycles. The van der Waals surface area contributed by atoms with Crippen molar-refractivity contribution in [3.05, 3.63) is 35.7 Å². The van der Waals surface area contributed by atoms with Crippen molar-refractivity contribution in [1.82, 2.24) is 4.90 Å². The summed E-state index contributed by atoms with van der Waals surface area (Å²) in [5.74, 6) is -0.543. The van der Waals surface area contributed by atoms with E-state index in [2.05, 4.69) is 23.2 Å². The molecule has 1 aliphatic rings. The van der Waals surface area contributed by atoms with Crippen molar-refractivity contribution in [2.24, 2.45) is 0 Å². The van der Waals surface area contributed by atoms with Crippen molar-refractivity contribution >= 4 is 17.3 Å². The highest BCUT2D eigenvalue weighted by molar-refractivity contribution is 5.95. The molecule has 0 saturated carbocycles. The Labute approximate surface area is 112 Å².